The van der Waals surface area contributed by atoms with Crippen LogP contribution >= 0.6 is 15.9 Å². The minimum absolute atomic E-state index is 0.0654. The number of hydrogen-bond acceptors (Lipinski definition) is 5. The summed E-state index contributed by atoms with van der Waals surface area (Å²) in [6.45, 7) is 6.44. The van der Waals surface area contributed by atoms with Crippen LogP contribution in [0.5, 0.6) is 11.5 Å². The number of hydrogen-bond donors (Lipinski definition) is 1. The van der Waals surface area contributed by atoms with Crippen molar-refractivity contribution in [3.8, 4) is 11.5 Å². The highest BCUT2D eigenvalue weighted by Crippen LogP contribution is 2.29. The van der Waals surface area contributed by atoms with Crippen molar-refractivity contribution < 1.29 is 18.7 Å². The summed E-state index contributed by atoms with van der Waals surface area (Å²) in [6, 6.07) is 11.5. The first kappa shape index (κ1) is 23.5. The molecule has 3 aromatic rings. The number of aryl methyl sites for hydroxylation is 1. The summed E-state index contributed by atoms with van der Waals surface area (Å²) < 4.78 is 27.0. The van der Waals surface area contributed by atoms with E-state index in [9.17, 15) is 9.18 Å². The summed E-state index contributed by atoms with van der Waals surface area (Å²) in [7, 11) is 0. The van der Waals surface area contributed by atoms with Crippen molar-refractivity contribution >= 4 is 28.1 Å². The molecule has 0 bridgehead atoms. The number of nitrogens with one attached hydrogen (secondary N) is 1. The maximum absolute atomic E-state index is 13.0. The second-order valence-corrected chi connectivity index (χ2v) is 7.78. The van der Waals surface area contributed by atoms with Crippen molar-refractivity contribution in [1.82, 2.24) is 15.2 Å². The van der Waals surface area contributed by atoms with Gasteiger partial charge in [0, 0.05) is 0 Å². The minimum atomic E-state index is -0.290. The third kappa shape index (κ3) is 6.16. The molecule has 0 unspecified atom stereocenters. The Labute approximate surface area is 194 Å². The molecule has 0 saturated heterocycles. The number of ether oxygens (including phenoxy) is 2. The van der Waals surface area contributed by atoms with Crippen LogP contribution in [0.3, 0.4) is 0 Å². The second-order valence-electron chi connectivity index (χ2n) is 6.99. The van der Waals surface area contributed by atoms with Gasteiger partial charge in [0.15, 0.2) is 11.5 Å². The molecule has 0 radical (unpaired) electrons. The zero-order valence-electron chi connectivity index (χ0n) is 18.1. The topological polar surface area (TPSA) is 77.7 Å². The fourth-order valence-electron chi connectivity index (χ4n) is 2.91. The Balaban J connectivity index is 1.61. The zero-order chi connectivity index (χ0) is 23.1. The summed E-state index contributed by atoms with van der Waals surface area (Å²) in [5.74, 6) is 0.538. The lowest BCUT2D eigenvalue weighted by molar-refractivity contribution is -0.121. The number of nitrogens with zero attached hydrogens (tertiary/aromatic N) is 3. The molecule has 0 aliphatic heterocycles. The van der Waals surface area contributed by atoms with E-state index in [0.29, 0.717) is 18.1 Å². The molecular formula is C23H24BrFN4O3. The molecule has 0 aliphatic rings. The summed E-state index contributed by atoms with van der Waals surface area (Å²) in [4.78, 5) is 12.2. The Morgan fingerprint density at radius 1 is 1.19 bits per heavy atom. The van der Waals surface area contributed by atoms with Gasteiger partial charge in [0.05, 0.1) is 28.7 Å². The monoisotopic (exact) mass is 502 g/mol. The van der Waals surface area contributed by atoms with E-state index in [1.54, 1.807) is 35.0 Å². The number of aromatic nitrogens is 2. The minimum Gasteiger partial charge on any atom is -0.490 e. The van der Waals surface area contributed by atoms with E-state index in [1.807, 2.05) is 20.8 Å². The average Bonchev–Trinajstić information content (AvgIpc) is 3.01. The van der Waals surface area contributed by atoms with Gasteiger partial charge in [-0.25, -0.2) is 9.82 Å². The Morgan fingerprint density at radius 3 is 2.59 bits per heavy atom. The lowest BCUT2D eigenvalue weighted by Crippen LogP contribution is -2.24. The third-order valence-corrected chi connectivity index (χ3v) is 5.71. The quantitative estimate of drug-likeness (QED) is 0.344. The predicted octanol–water partition coefficient (Wildman–Crippen LogP) is 4.53. The first-order chi connectivity index (χ1) is 15.4. The van der Waals surface area contributed by atoms with Gasteiger partial charge < -0.3 is 9.47 Å². The van der Waals surface area contributed by atoms with Crippen LogP contribution in [-0.4, -0.2) is 28.5 Å². The summed E-state index contributed by atoms with van der Waals surface area (Å²) >= 11 is 3.44. The van der Waals surface area contributed by atoms with Crippen LogP contribution in [-0.2, 0) is 17.9 Å². The van der Waals surface area contributed by atoms with Crippen molar-refractivity contribution in [3.05, 3.63) is 75.3 Å². The molecule has 1 N–H and O–H groups in total. The smallest absolute Gasteiger partial charge is 0.261 e. The van der Waals surface area contributed by atoms with Gasteiger partial charge in [-0.05, 0) is 78.2 Å². The molecule has 0 aliphatic carbocycles. The van der Waals surface area contributed by atoms with Crippen molar-refractivity contribution in [1.29, 1.82) is 0 Å². The van der Waals surface area contributed by atoms with Crippen LogP contribution in [0.4, 0.5) is 4.39 Å². The molecule has 1 amide bonds. The van der Waals surface area contributed by atoms with Gasteiger partial charge in [-0.1, -0.05) is 12.1 Å². The van der Waals surface area contributed by atoms with Gasteiger partial charge >= 0.3 is 0 Å². The first-order valence-electron chi connectivity index (χ1n) is 10.0. The van der Waals surface area contributed by atoms with E-state index in [2.05, 4.69) is 31.6 Å². The van der Waals surface area contributed by atoms with Gasteiger partial charge in [0.2, 0.25) is 0 Å². The van der Waals surface area contributed by atoms with Crippen molar-refractivity contribution in [3.63, 3.8) is 0 Å². The first-order valence-corrected chi connectivity index (χ1v) is 10.8. The van der Waals surface area contributed by atoms with Crippen LogP contribution in [0.1, 0.15) is 29.4 Å². The maximum Gasteiger partial charge on any atom is 0.261 e. The normalized spacial score (nSPS) is 11.0. The highest BCUT2D eigenvalue weighted by molar-refractivity contribution is 9.10. The predicted molar refractivity (Wildman–Crippen MR) is 123 cm³/mol. The van der Waals surface area contributed by atoms with Crippen LogP contribution < -0.4 is 14.9 Å². The SMILES string of the molecule is CCOc1cc(/C=N/NC(=O)Cn2nc(C)c(Br)c2C)ccc1OCc1ccc(F)cc1. The molecule has 2 aromatic carbocycles. The highest BCUT2D eigenvalue weighted by atomic mass is 79.9. The van der Waals surface area contributed by atoms with E-state index >= 15 is 0 Å². The Hall–Kier alpha value is -3.20. The van der Waals surface area contributed by atoms with E-state index in [4.69, 9.17) is 9.47 Å². The van der Waals surface area contributed by atoms with Gasteiger partial charge in [-0.3, -0.25) is 9.48 Å². The van der Waals surface area contributed by atoms with Crippen LogP contribution in [0.15, 0.2) is 52.0 Å². The molecule has 0 saturated carbocycles. The van der Waals surface area contributed by atoms with Gasteiger partial charge in [0.1, 0.15) is 19.0 Å². The summed E-state index contributed by atoms with van der Waals surface area (Å²) in [6.07, 6.45) is 1.53. The third-order valence-electron chi connectivity index (χ3n) is 4.56. The van der Waals surface area contributed by atoms with Crippen molar-refractivity contribution in [2.24, 2.45) is 5.10 Å². The van der Waals surface area contributed by atoms with E-state index in [0.717, 1.165) is 27.0 Å². The van der Waals surface area contributed by atoms with Crippen molar-refractivity contribution in [2.45, 2.75) is 33.9 Å². The van der Waals surface area contributed by atoms with E-state index < -0.39 is 0 Å². The molecule has 1 heterocycles. The van der Waals surface area contributed by atoms with E-state index in [-0.39, 0.29) is 24.9 Å². The Kier molecular flexibility index (Phi) is 7.99. The Morgan fingerprint density at radius 2 is 1.94 bits per heavy atom. The van der Waals surface area contributed by atoms with Crippen LogP contribution in [0, 0.1) is 19.7 Å². The standard InChI is InChI=1S/C23H24BrFN4O3/c1-4-31-21-11-18(7-10-20(21)32-14-17-5-8-19(25)9-6-17)12-26-27-22(30)13-29-16(3)23(24)15(2)28-29/h5-12H,4,13-14H2,1-3H3,(H,27,30)/b26-12+. The molecule has 0 atom stereocenters. The fraction of sp³-hybridized carbons (Fsp3) is 0.261. The van der Waals surface area contributed by atoms with Gasteiger partial charge in [-0.2, -0.15) is 10.2 Å². The van der Waals surface area contributed by atoms with Crippen molar-refractivity contribution in [2.75, 3.05) is 6.61 Å². The number of benzene rings is 2. The molecule has 9 heteroatoms. The number of carbonyl (C=O) groups is 1. The second kappa shape index (κ2) is 10.9. The van der Waals surface area contributed by atoms with E-state index in [1.165, 1.54) is 18.3 Å². The van der Waals surface area contributed by atoms with Crippen LogP contribution in [0.2, 0.25) is 0 Å². The summed E-state index contributed by atoms with van der Waals surface area (Å²) in [5, 5.41) is 8.33. The van der Waals surface area contributed by atoms with Gasteiger partial charge in [-0.15, -0.1) is 0 Å². The highest BCUT2D eigenvalue weighted by Gasteiger charge is 2.11. The molecule has 3 rings (SSSR count). The average molecular weight is 503 g/mol. The molecule has 0 spiro atoms. The number of halogens is 2. The molecule has 168 valence electrons. The summed E-state index contributed by atoms with van der Waals surface area (Å²) in [5.41, 5.74) is 5.78. The zero-order valence-corrected chi connectivity index (χ0v) is 19.6. The largest absolute Gasteiger partial charge is 0.490 e. The Bertz CT molecular complexity index is 1110. The number of rotatable bonds is 9. The maximum atomic E-state index is 13.0. The van der Waals surface area contributed by atoms with Crippen LogP contribution in [0.25, 0.3) is 0 Å². The number of hydrazone groups is 1. The number of amides is 1. The lowest BCUT2D eigenvalue weighted by atomic mass is 10.2. The van der Waals surface area contributed by atoms with Gasteiger partial charge in [0.25, 0.3) is 5.91 Å². The lowest BCUT2D eigenvalue weighted by Gasteiger charge is -2.12. The molecular weight excluding hydrogens is 479 g/mol. The number of carbonyl (C=O) groups excluding carboxylic acids is 1. The molecule has 0 fully saturated rings. The molecule has 32 heavy (non-hydrogen) atoms. The molecule has 1 aromatic heterocycles. The fourth-order valence-corrected chi connectivity index (χ4v) is 3.20. The molecule has 7 nitrogen and oxygen atoms in total.